The van der Waals surface area contributed by atoms with E-state index in [4.69, 9.17) is 9.47 Å². The first-order valence-electron chi connectivity index (χ1n) is 9.12. The first kappa shape index (κ1) is 17.9. The Morgan fingerprint density at radius 1 is 0.929 bits per heavy atom. The summed E-state index contributed by atoms with van der Waals surface area (Å²) in [6.07, 6.45) is 1.25. The summed E-state index contributed by atoms with van der Waals surface area (Å²) >= 11 is 0. The van der Waals surface area contributed by atoms with Gasteiger partial charge in [0.05, 0.1) is 0 Å². The number of nitrogens with zero attached hydrogens (tertiary/aromatic N) is 2. The summed E-state index contributed by atoms with van der Waals surface area (Å²) in [5.41, 5.74) is 0.853. The lowest BCUT2D eigenvalue weighted by molar-refractivity contribution is -0.124. The Labute approximate surface area is 162 Å². The lowest BCUT2D eigenvalue weighted by atomic mass is 10.2. The third-order valence-electron chi connectivity index (χ3n) is 4.24. The zero-order valence-corrected chi connectivity index (χ0v) is 15.2. The van der Waals surface area contributed by atoms with Crippen molar-refractivity contribution in [1.29, 1.82) is 0 Å². The molecule has 0 saturated carbocycles. The van der Waals surface area contributed by atoms with E-state index < -0.39 is 6.10 Å². The highest BCUT2D eigenvalue weighted by Crippen LogP contribution is 2.24. The second kappa shape index (κ2) is 8.49. The molecule has 0 bridgehead atoms. The van der Waals surface area contributed by atoms with E-state index in [2.05, 4.69) is 20.8 Å². The molecular weight excluding hydrogens is 356 g/mol. The maximum absolute atomic E-state index is 12.0. The maximum atomic E-state index is 12.0. The number of aromatic nitrogens is 2. The molecule has 3 aromatic rings. The molecule has 0 aliphatic carbocycles. The number of carbonyl (C=O) groups excluding carboxylic acids is 1. The van der Waals surface area contributed by atoms with Gasteiger partial charge in [-0.05, 0) is 61.4 Å². The molecule has 7 heteroatoms. The van der Waals surface area contributed by atoms with E-state index in [1.54, 1.807) is 12.1 Å². The van der Waals surface area contributed by atoms with Crippen LogP contribution >= 0.6 is 0 Å². The molecule has 1 aliphatic heterocycles. The van der Waals surface area contributed by atoms with Crippen molar-refractivity contribution in [2.45, 2.75) is 18.9 Å². The predicted octanol–water partition coefficient (Wildman–Crippen LogP) is 4.13. The lowest BCUT2D eigenvalue weighted by Gasteiger charge is -2.10. The van der Waals surface area contributed by atoms with Crippen molar-refractivity contribution in [3.63, 3.8) is 0 Å². The standard InChI is InChI=1S/C21H20N4O3/c26-21(18-7-4-14-27-18)23-20-13-12-19(24-25-20)22-15-8-10-17(11-9-15)28-16-5-2-1-3-6-16/h1-3,5-6,8-13,18H,4,7,14H2,(H,22,24)(H,23,25,26). The van der Waals surface area contributed by atoms with Gasteiger partial charge in [-0.1, -0.05) is 18.2 Å². The Kier molecular flexibility index (Phi) is 5.44. The van der Waals surface area contributed by atoms with Crippen molar-refractivity contribution in [2.24, 2.45) is 0 Å². The first-order chi connectivity index (χ1) is 13.8. The number of hydrogen-bond donors (Lipinski definition) is 2. The third kappa shape index (κ3) is 4.63. The van der Waals surface area contributed by atoms with Crippen LogP contribution in [0.2, 0.25) is 0 Å². The highest BCUT2D eigenvalue weighted by molar-refractivity contribution is 5.93. The van der Waals surface area contributed by atoms with Gasteiger partial charge in [0.25, 0.3) is 5.91 Å². The number of carbonyl (C=O) groups is 1. The number of para-hydroxylation sites is 1. The van der Waals surface area contributed by atoms with Gasteiger partial charge in [0, 0.05) is 12.3 Å². The smallest absolute Gasteiger partial charge is 0.254 e. The van der Waals surface area contributed by atoms with Crippen molar-refractivity contribution in [1.82, 2.24) is 10.2 Å². The number of benzene rings is 2. The summed E-state index contributed by atoms with van der Waals surface area (Å²) in [7, 11) is 0. The Bertz CT molecular complexity index is 909. The Balaban J connectivity index is 1.33. The topological polar surface area (TPSA) is 85.4 Å². The number of hydrogen-bond acceptors (Lipinski definition) is 6. The molecule has 4 rings (SSSR count). The second-order valence-corrected chi connectivity index (χ2v) is 6.36. The molecule has 1 atom stereocenters. The Hall–Kier alpha value is -3.45. The van der Waals surface area contributed by atoms with Crippen LogP contribution in [0.4, 0.5) is 17.3 Å². The maximum Gasteiger partial charge on any atom is 0.254 e. The average Bonchev–Trinajstić information content (AvgIpc) is 3.27. The summed E-state index contributed by atoms with van der Waals surface area (Å²) in [6.45, 7) is 0.627. The normalized spacial score (nSPS) is 15.8. The molecular formula is C21H20N4O3. The summed E-state index contributed by atoms with van der Waals surface area (Å²) < 4.78 is 11.1. The molecule has 1 saturated heterocycles. The van der Waals surface area contributed by atoms with E-state index >= 15 is 0 Å². The van der Waals surface area contributed by atoms with Crippen LogP contribution < -0.4 is 15.4 Å². The Morgan fingerprint density at radius 3 is 2.32 bits per heavy atom. The fourth-order valence-corrected chi connectivity index (χ4v) is 2.84. The second-order valence-electron chi connectivity index (χ2n) is 6.36. The summed E-state index contributed by atoms with van der Waals surface area (Å²) in [5.74, 6) is 2.33. The molecule has 1 aromatic heterocycles. The van der Waals surface area contributed by atoms with E-state index in [0.29, 0.717) is 18.2 Å². The molecule has 2 aromatic carbocycles. The van der Waals surface area contributed by atoms with Gasteiger partial charge in [-0.3, -0.25) is 4.79 Å². The summed E-state index contributed by atoms with van der Waals surface area (Å²) in [6, 6.07) is 20.6. The highest BCUT2D eigenvalue weighted by Gasteiger charge is 2.23. The van der Waals surface area contributed by atoms with Gasteiger partial charge in [-0.25, -0.2) is 0 Å². The fourth-order valence-electron chi connectivity index (χ4n) is 2.84. The lowest BCUT2D eigenvalue weighted by Crippen LogP contribution is -2.27. The van der Waals surface area contributed by atoms with Crippen LogP contribution in [-0.2, 0) is 9.53 Å². The van der Waals surface area contributed by atoms with Crippen LogP contribution in [0.3, 0.4) is 0 Å². The molecule has 28 heavy (non-hydrogen) atoms. The molecule has 7 nitrogen and oxygen atoms in total. The van der Waals surface area contributed by atoms with Crippen LogP contribution in [-0.4, -0.2) is 28.8 Å². The third-order valence-corrected chi connectivity index (χ3v) is 4.24. The number of anilines is 3. The molecule has 142 valence electrons. The number of ether oxygens (including phenoxy) is 2. The van der Waals surface area contributed by atoms with Crippen LogP contribution in [0.5, 0.6) is 11.5 Å². The van der Waals surface area contributed by atoms with Crippen LogP contribution in [0, 0.1) is 0 Å². The largest absolute Gasteiger partial charge is 0.457 e. The number of rotatable bonds is 6. The highest BCUT2D eigenvalue weighted by atomic mass is 16.5. The number of amides is 1. The van der Waals surface area contributed by atoms with Gasteiger partial charge in [-0.15, -0.1) is 10.2 Å². The van der Waals surface area contributed by atoms with Crippen LogP contribution in [0.25, 0.3) is 0 Å². The van der Waals surface area contributed by atoms with Crippen molar-refractivity contribution < 1.29 is 14.3 Å². The zero-order chi connectivity index (χ0) is 19.2. The van der Waals surface area contributed by atoms with E-state index in [9.17, 15) is 4.79 Å². The van der Waals surface area contributed by atoms with Crippen LogP contribution in [0.1, 0.15) is 12.8 Å². The van der Waals surface area contributed by atoms with E-state index in [1.807, 2.05) is 54.6 Å². The van der Waals surface area contributed by atoms with Gasteiger partial charge >= 0.3 is 0 Å². The molecule has 1 aliphatic rings. The van der Waals surface area contributed by atoms with Gasteiger partial charge in [0.15, 0.2) is 11.6 Å². The van der Waals surface area contributed by atoms with Crippen molar-refractivity contribution in [2.75, 3.05) is 17.2 Å². The summed E-state index contributed by atoms with van der Waals surface area (Å²) in [5, 5.41) is 14.0. The number of nitrogens with one attached hydrogen (secondary N) is 2. The molecule has 2 N–H and O–H groups in total. The van der Waals surface area contributed by atoms with Crippen molar-refractivity contribution in [3.8, 4) is 11.5 Å². The monoisotopic (exact) mass is 376 g/mol. The molecule has 2 heterocycles. The SMILES string of the molecule is O=C(Nc1ccc(Nc2ccc(Oc3ccccc3)cc2)nn1)C1CCCO1. The van der Waals surface area contributed by atoms with Crippen molar-refractivity contribution >= 4 is 23.2 Å². The molecule has 0 spiro atoms. The van der Waals surface area contributed by atoms with E-state index in [0.717, 1.165) is 30.0 Å². The molecule has 1 fully saturated rings. The predicted molar refractivity (Wildman–Crippen MR) is 106 cm³/mol. The van der Waals surface area contributed by atoms with Gasteiger partial charge in [0.1, 0.15) is 17.6 Å². The minimum atomic E-state index is -0.392. The molecule has 0 radical (unpaired) electrons. The summed E-state index contributed by atoms with van der Waals surface area (Å²) in [4.78, 5) is 12.0. The van der Waals surface area contributed by atoms with Gasteiger partial charge in [-0.2, -0.15) is 0 Å². The molecule has 1 unspecified atom stereocenters. The minimum absolute atomic E-state index is 0.179. The Morgan fingerprint density at radius 2 is 1.64 bits per heavy atom. The quantitative estimate of drug-likeness (QED) is 0.673. The van der Waals surface area contributed by atoms with Gasteiger partial charge < -0.3 is 20.1 Å². The van der Waals surface area contributed by atoms with E-state index in [1.165, 1.54) is 0 Å². The minimum Gasteiger partial charge on any atom is -0.457 e. The average molecular weight is 376 g/mol. The molecule has 1 amide bonds. The first-order valence-corrected chi connectivity index (χ1v) is 9.12. The van der Waals surface area contributed by atoms with Crippen molar-refractivity contribution in [3.05, 3.63) is 66.7 Å². The van der Waals surface area contributed by atoms with Crippen LogP contribution in [0.15, 0.2) is 66.7 Å². The fraction of sp³-hybridized carbons (Fsp3) is 0.190. The van der Waals surface area contributed by atoms with E-state index in [-0.39, 0.29) is 5.91 Å². The zero-order valence-electron chi connectivity index (χ0n) is 15.2. The van der Waals surface area contributed by atoms with Gasteiger partial charge in [0.2, 0.25) is 0 Å².